The summed E-state index contributed by atoms with van der Waals surface area (Å²) in [6.45, 7) is 0. The maximum absolute atomic E-state index is 6.45. The van der Waals surface area contributed by atoms with Gasteiger partial charge in [-0.25, -0.2) is 0 Å². The van der Waals surface area contributed by atoms with Crippen molar-refractivity contribution in [3.05, 3.63) is 56.5 Å². The Hall–Kier alpha value is -1.00. The minimum Gasteiger partial charge on any atom is -0.489 e. The van der Waals surface area contributed by atoms with Crippen molar-refractivity contribution in [2.24, 2.45) is 0 Å². The summed E-state index contributed by atoms with van der Waals surface area (Å²) in [5.41, 5.74) is 2.46. The van der Waals surface area contributed by atoms with Crippen molar-refractivity contribution < 1.29 is 9.47 Å². The molecule has 0 aliphatic carbocycles. The minimum atomic E-state index is 0.181. The van der Waals surface area contributed by atoms with Crippen LogP contribution in [0, 0.1) is 0 Å². The molecule has 0 amide bonds. The van der Waals surface area contributed by atoms with E-state index >= 15 is 0 Å². The lowest BCUT2D eigenvalue weighted by atomic mass is 10.0. The van der Waals surface area contributed by atoms with E-state index in [1.807, 2.05) is 0 Å². The Balaban J connectivity index is 1.82. The van der Waals surface area contributed by atoms with Crippen molar-refractivity contribution in [1.82, 2.24) is 0 Å². The molecule has 2 atom stereocenters. The van der Waals surface area contributed by atoms with Crippen molar-refractivity contribution in [3.63, 3.8) is 0 Å². The normalized spacial score (nSPS) is 23.0. The molecular formula is C19H18Br2O2. The molecule has 4 heteroatoms. The van der Waals surface area contributed by atoms with Crippen molar-refractivity contribution in [2.75, 3.05) is 0 Å². The van der Waals surface area contributed by atoms with Crippen LogP contribution in [0.5, 0.6) is 11.5 Å². The highest BCUT2D eigenvalue weighted by Gasteiger charge is 2.27. The summed E-state index contributed by atoms with van der Waals surface area (Å²) in [6.07, 6.45) is 5.37. The van der Waals surface area contributed by atoms with E-state index in [4.69, 9.17) is 9.47 Å². The topological polar surface area (TPSA) is 18.5 Å². The fraction of sp³-hybridized carbons (Fsp3) is 0.368. The molecule has 0 N–H and O–H groups in total. The summed E-state index contributed by atoms with van der Waals surface area (Å²) in [5.74, 6) is 1.98. The lowest BCUT2D eigenvalue weighted by Crippen LogP contribution is -2.23. The van der Waals surface area contributed by atoms with Crippen LogP contribution >= 0.6 is 31.9 Å². The van der Waals surface area contributed by atoms with E-state index < -0.39 is 0 Å². The van der Waals surface area contributed by atoms with E-state index in [2.05, 4.69) is 68.3 Å². The van der Waals surface area contributed by atoms with Gasteiger partial charge in [-0.05, 0) is 74.4 Å². The molecule has 0 saturated heterocycles. The first-order valence-corrected chi connectivity index (χ1v) is 9.67. The highest BCUT2D eigenvalue weighted by molar-refractivity contribution is 9.10. The maximum atomic E-state index is 6.45. The maximum Gasteiger partial charge on any atom is 0.137 e. The molecule has 2 nitrogen and oxygen atoms in total. The summed E-state index contributed by atoms with van der Waals surface area (Å²) >= 11 is 7.31. The molecule has 1 unspecified atom stereocenters. The van der Waals surface area contributed by atoms with Gasteiger partial charge < -0.3 is 9.47 Å². The quantitative estimate of drug-likeness (QED) is 0.527. The number of hydrogen-bond donors (Lipinski definition) is 0. The second kappa shape index (κ2) is 6.48. The van der Waals surface area contributed by atoms with Gasteiger partial charge in [-0.1, -0.05) is 24.3 Å². The Morgan fingerprint density at radius 1 is 0.739 bits per heavy atom. The zero-order valence-corrected chi connectivity index (χ0v) is 15.9. The van der Waals surface area contributed by atoms with Crippen molar-refractivity contribution in [1.29, 1.82) is 0 Å². The Kier molecular flexibility index (Phi) is 4.37. The van der Waals surface area contributed by atoms with Crippen molar-refractivity contribution >= 4 is 31.9 Å². The molecule has 120 valence electrons. The number of benzene rings is 2. The first-order valence-electron chi connectivity index (χ1n) is 8.09. The van der Waals surface area contributed by atoms with E-state index in [1.54, 1.807) is 0 Å². The van der Waals surface area contributed by atoms with Crippen LogP contribution in [-0.2, 0) is 12.8 Å². The second-order valence-electron chi connectivity index (χ2n) is 6.28. The Bertz CT molecular complexity index is 668. The molecule has 2 aromatic carbocycles. The Labute approximate surface area is 153 Å². The van der Waals surface area contributed by atoms with E-state index in [9.17, 15) is 0 Å². The van der Waals surface area contributed by atoms with Gasteiger partial charge in [0.25, 0.3) is 0 Å². The molecule has 0 spiro atoms. The van der Waals surface area contributed by atoms with Crippen LogP contribution in [0.25, 0.3) is 0 Å². The first kappa shape index (κ1) is 15.5. The lowest BCUT2D eigenvalue weighted by Gasteiger charge is -2.25. The van der Waals surface area contributed by atoms with E-state index in [-0.39, 0.29) is 12.2 Å². The molecule has 0 aromatic heterocycles. The van der Waals surface area contributed by atoms with Gasteiger partial charge in [0.05, 0.1) is 8.95 Å². The third kappa shape index (κ3) is 3.16. The second-order valence-corrected chi connectivity index (χ2v) is 7.98. The SMILES string of the molecule is Brc1cccc2c1OC1CCC[C@@H](C2)Oc2c(Br)cccc2C1. The smallest absolute Gasteiger partial charge is 0.137 e. The molecular weight excluding hydrogens is 420 g/mol. The van der Waals surface area contributed by atoms with Crippen LogP contribution in [0.2, 0.25) is 0 Å². The molecule has 23 heavy (non-hydrogen) atoms. The van der Waals surface area contributed by atoms with Gasteiger partial charge in [-0.2, -0.15) is 0 Å². The van der Waals surface area contributed by atoms with Crippen LogP contribution in [0.4, 0.5) is 0 Å². The summed E-state index contributed by atoms with van der Waals surface area (Å²) in [7, 11) is 0. The molecule has 0 saturated carbocycles. The van der Waals surface area contributed by atoms with E-state index in [0.29, 0.717) is 0 Å². The van der Waals surface area contributed by atoms with E-state index in [0.717, 1.165) is 52.5 Å². The van der Waals surface area contributed by atoms with Gasteiger partial charge in [0, 0.05) is 12.8 Å². The van der Waals surface area contributed by atoms with Gasteiger partial charge >= 0.3 is 0 Å². The first-order chi connectivity index (χ1) is 11.2. The number of rotatable bonds is 0. The Morgan fingerprint density at radius 2 is 1.22 bits per heavy atom. The molecule has 2 heterocycles. The van der Waals surface area contributed by atoms with Crippen LogP contribution in [0.15, 0.2) is 45.3 Å². The van der Waals surface area contributed by atoms with Gasteiger partial charge in [0.15, 0.2) is 0 Å². The minimum absolute atomic E-state index is 0.181. The number of halogens is 2. The lowest BCUT2D eigenvalue weighted by molar-refractivity contribution is 0.186. The fourth-order valence-electron chi connectivity index (χ4n) is 3.49. The third-order valence-corrected chi connectivity index (χ3v) is 5.86. The molecule has 0 radical (unpaired) electrons. The molecule has 2 bridgehead atoms. The standard InChI is InChI=1S/C19H18Br2O2/c20-16-8-1-4-12-10-14-6-3-7-15(22-18(12)16)11-13-5-2-9-17(21)19(13)23-14/h1-2,4-5,8-9,14-15H,3,6-7,10-11H2/t14-,15?/m0/s1. The number of hydrogen-bond acceptors (Lipinski definition) is 2. The predicted octanol–water partition coefficient (Wildman–Crippen LogP) is 5.69. The number of ether oxygens (including phenoxy) is 2. The van der Waals surface area contributed by atoms with Crippen LogP contribution in [0.3, 0.4) is 0 Å². The number of para-hydroxylation sites is 2. The third-order valence-electron chi connectivity index (χ3n) is 4.61. The highest BCUT2D eigenvalue weighted by Crippen LogP contribution is 2.39. The van der Waals surface area contributed by atoms with Gasteiger partial charge in [-0.15, -0.1) is 0 Å². The number of fused-ring (bicyclic) bond motifs is 6. The molecule has 0 fully saturated rings. The van der Waals surface area contributed by atoms with Crippen LogP contribution < -0.4 is 9.47 Å². The highest BCUT2D eigenvalue weighted by atomic mass is 79.9. The zero-order chi connectivity index (χ0) is 15.8. The molecule has 2 aliphatic rings. The van der Waals surface area contributed by atoms with Crippen molar-refractivity contribution in [2.45, 2.75) is 44.3 Å². The summed E-state index contributed by atoms with van der Waals surface area (Å²) in [6, 6.07) is 12.6. The zero-order valence-electron chi connectivity index (χ0n) is 12.7. The summed E-state index contributed by atoms with van der Waals surface area (Å²) < 4.78 is 15.0. The average Bonchev–Trinajstić information content (AvgIpc) is 2.66. The average molecular weight is 438 g/mol. The Morgan fingerprint density at radius 3 is 1.70 bits per heavy atom. The molecule has 2 aliphatic heterocycles. The summed E-state index contributed by atoms with van der Waals surface area (Å²) in [5, 5.41) is 0. The van der Waals surface area contributed by atoms with Crippen LogP contribution in [-0.4, -0.2) is 12.2 Å². The van der Waals surface area contributed by atoms with Crippen LogP contribution in [0.1, 0.15) is 30.4 Å². The van der Waals surface area contributed by atoms with Gasteiger partial charge in [0.2, 0.25) is 0 Å². The predicted molar refractivity (Wildman–Crippen MR) is 98.4 cm³/mol. The fourth-order valence-corrected chi connectivity index (χ4v) is 4.50. The van der Waals surface area contributed by atoms with Crippen molar-refractivity contribution in [3.8, 4) is 11.5 Å². The molecule has 2 aromatic rings. The summed E-state index contributed by atoms with van der Waals surface area (Å²) in [4.78, 5) is 0. The largest absolute Gasteiger partial charge is 0.489 e. The monoisotopic (exact) mass is 436 g/mol. The van der Waals surface area contributed by atoms with Gasteiger partial charge in [-0.3, -0.25) is 0 Å². The molecule has 4 rings (SSSR count). The van der Waals surface area contributed by atoms with E-state index in [1.165, 1.54) is 11.1 Å². The van der Waals surface area contributed by atoms with Gasteiger partial charge in [0.1, 0.15) is 23.7 Å².